The van der Waals surface area contributed by atoms with E-state index in [0.29, 0.717) is 41.4 Å². The van der Waals surface area contributed by atoms with Crippen LogP contribution in [0.2, 0.25) is 5.02 Å². The van der Waals surface area contributed by atoms with E-state index in [1.807, 2.05) is 5.48 Å². The number of carbonyl (C=O) groups is 2. The van der Waals surface area contributed by atoms with Crippen LogP contribution in [0.1, 0.15) is 49.4 Å². The fourth-order valence-corrected chi connectivity index (χ4v) is 3.67. The molecule has 1 aliphatic rings. The molecule has 10 nitrogen and oxygen atoms in total. The third-order valence-corrected chi connectivity index (χ3v) is 5.12. The summed E-state index contributed by atoms with van der Waals surface area (Å²) < 4.78 is 1.71. The summed E-state index contributed by atoms with van der Waals surface area (Å²) in [5.41, 5.74) is 5.45. The summed E-state index contributed by atoms with van der Waals surface area (Å²) in [6.07, 6.45) is 5.47. The normalized spacial score (nSPS) is 15.6. The molecule has 3 rings (SSSR count). The van der Waals surface area contributed by atoms with Crippen molar-refractivity contribution >= 4 is 29.1 Å². The van der Waals surface area contributed by atoms with Gasteiger partial charge in [0.25, 0.3) is 5.91 Å². The first-order chi connectivity index (χ1) is 14.0. The van der Waals surface area contributed by atoms with Crippen molar-refractivity contribution in [2.45, 2.75) is 51.2 Å². The van der Waals surface area contributed by atoms with E-state index in [9.17, 15) is 14.8 Å². The molecule has 1 aromatic carbocycles. The van der Waals surface area contributed by atoms with Crippen molar-refractivity contribution in [1.29, 1.82) is 0 Å². The molecule has 2 aromatic rings. The minimum Gasteiger partial charge on any atom is -0.316 e. The third-order valence-electron chi connectivity index (χ3n) is 4.81. The second-order valence-electron chi connectivity index (χ2n) is 6.84. The molecule has 1 atom stereocenters. The quantitative estimate of drug-likeness (QED) is 0.261. The molecule has 1 unspecified atom stereocenters. The largest absolute Gasteiger partial charge is 0.316 e. The molecule has 1 aromatic heterocycles. The molecule has 2 heterocycles. The number of hydroxylamine groups is 2. The number of unbranched alkanes of at least 4 members (excludes halogenated alkanes) is 3. The molecule has 0 saturated carbocycles. The van der Waals surface area contributed by atoms with Crippen LogP contribution in [0.5, 0.6) is 0 Å². The third kappa shape index (κ3) is 4.91. The standard InChI is InChI=1S/C18H23ClN6O4/c19-14-7-5-6-13-16(22-29)18(27)25(17(13)14)11-12-10-24(23-20-12)9-4-2-1-3-8-15(26)21-28/h5-7,10,16,22,28-29H,1-4,8-9,11H2,(H,21,26). The first-order valence-corrected chi connectivity index (χ1v) is 9.74. The van der Waals surface area contributed by atoms with Gasteiger partial charge in [-0.15, -0.1) is 5.10 Å². The Morgan fingerprint density at radius 3 is 2.76 bits per heavy atom. The van der Waals surface area contributed by atoms with Crippen molar-refractivity contribution in [2.24, 2.45) is 0 Å². The average molecular weight is 423 g/mol. The number of benzene rings is 1. The monoisotopic (exact) mass is 422 g/mol. The fraction of sp³-hybridized carbons (Fsp3) is 0.444. The molecule has 4 N–H and O–H groups in total. The number of hydrogen-bond acceptors (Lipinski definition) is 7. The molecule has 0 aliphatic carbocycles. The van der Waals surface area contributed by atoms with Gasteiger partial charge in [0.15, 0.2) is 0 Å². The Morgan fingerprint density at radius 1 is 1.21 bits per heavy atom. The van der Waals surface area contributed by atoms with E-state index in [4.69, 9.17) is 16.8 Å². The molecule has 0 fully saturated rings. The van der Waals surface area contributed by atoms with E-state index >= 15 is 0 Å². The number of aryl methyl sites for hydroxylation is 1. The number of fused-ring (bicyclic) bond motifs is 1. The summed E-state index contributed by atoms with van der Waals surface area (Å²) in [5.74, 6) is -0.681. The van der Waals surface area contributed by atoms with Gasteiger partial charge in [-0.05, 0) is 18.9 Å². The molecular weight excluding hydrogens is 400 g/mol. The van der Waals surface area contributed by atoms with Gasteiger partial charge in [0.05, 0.1) is 23.5 Å². The molecule has 0 bridgehead atoms. The van der Waals surface area contributed by atoms with Gasteiger partial charge in [0, 0.05) is 18.5 Å². The number of aromatic nitrogens is 3. The molecule has 0 spiro atoms. The molecule has 0 saturated heterocycles. The van der Waals surface area contributed by atoms with Crippen LogP contribution in [-0.2, 0) is 22.7 Å². The van der Waals surface area contributed by atoms with Gasteiger partial charge >= 0.3 is 0 Å². The predicted molar refractivity (Wildman–Crippen MR) is 103 cm³/mol. The molecule has 1 aliphatic heterocycles. The van der Waals surface area contributed by atoms with E-state index < -0.39 is 6.04 Å². The molecule has 0 radical (unpaired) electrons. The Bertz CT molecular complexity index is 874. The number of rotatable bonds is 10. The zero-order chi connectivity index (χ0) is 20.8. The van der Waals surface area contributed by atoms with Crippen LogP contribution in [0.3, 0.4) is 0 Å². The Kier molecular flexibility index (Phi) is 7.15. The fourth-order valence-electron chi connectivity index (χ4n) is 3.38. The van der Waals surface area contributed by atoms with Crippen molar-refractivity contribution in [2.75, 3.05) is 4.90 Å². The van der Waals surface area contributed by atoms with E-state index in [-0.39, 0.29) is 18.4 Å². The maximum absolute atomic E-state index is 12.6. The van der Waals surface area contributed by atoms with E-state index in [1.54, 1.807) is 34.6 Å². The lowest BCUT2D eigenvalue weighted by Crippen LogP contribution is -2.33. The van der Waals surface area contributed by atoms with Crippen LogP contribution in [0.4, 0.5) is 5.69 Å². The average Bonchev–Trinajstić information content (AvgIpc) is 3.27. The van der Waals surface area contributed by atoms with Gasteiger partial charge in [0.1, 0.15) is 11.7 Å². The van der Waals surface area contributed by atoms with Crippen molar-refractivity contribution in [1.82, 2.24) is 26.0 Å². The Labute approximate surface area is 172 Å². The lowest BCUT2D eigenvalue weighted by Gasteiger charge is -2.17. The van der Waals surface area contributed by atoms with Crippen LogP contribution in [0.25, 0.3) is 0 Å². The van der Waals surface area contributed by atoms with E-state index in [1.165, 1.54) is 4.90 Å². The lowest BCUT2D eigenvalue weighted by molar-refractivity contribution is -0.129. The van der Waals surface area contributed by atoms with Gasteiger partial charge < -0.3 is 10.1 Å². The van der Waals surface area contributed by atoms with Crippen molar-refractivity contribution in [3.05, 3.63) is 40.7 Å². The number of nitrogens with zero attached hydrogens (tertiary/aromatic N) is 4. The second-order valence-corrected chi connectivity index (χ2v) is 7.24. The summed E-state index contributed by atoms with van der Waals surface area (Å²) in [6.45, 7) is 0.870. The van der Waals surface area contributed by atoms with E-state index in [0.717, 1.165) is 19.3 Å². The number of anilines is 1. The topological polar surface area (TPSA) is 133 Å². The summed E-state index contributed by atoms with van der Waals surface area (Å²) in [4.78, 5) is 25.1. The second kappa shape index (κ2) is 9.79. The minimum atomic E-state index is -0.855. The van der Waals surface area contributed by atoms with Crippen LogP contribution in [0, 0.1) is 0 Å². The first kappa shape index (κ1) is 21.2. The summed E-state index contributed by atoms with van der Waals surface area (Å²) in [6, 6.07) is 4.32. The van der Waals surface area contributed by atoms with Gasteiger partial charge in [-0.25, -0.2) is 5.48 Å². The van der Waals surface area contributed by atoms with Gasteiger partial charge in [-0.3, -0.25) is 19.5 Å². The molecule has 156 valence electrons. The number of amides is 2. The summed E-state index contributed by atoms with van der Waals surface area (Å²) >= 11 is 6.28. The van der Waals surface area contributed by atoms with Gasteiger partial charge in [-0.2, -0.15) is 5.48 Å². The smallest absolute Gasteiger partial charge is 0.251 e. The van der Waals surface area contributed by atoms with Crippen molar-refractivity contribution < 1.29 is 20.0 Å². The van der Waals surface area contributed by atoms with Crippen LogP contribution < -0.4 is 15.9 Å². The highest BCUT2D eigenvalue weighted by Crippen LogP contribution is 2.41. The SMILES string of the molecule is O=C(CCCCCCn1cc(CN2C(=O)C(NO)c3cccc(Cl)c32)nn1)NO. The molecule has 29 heavy (non-hydrogen) atoms. The number of carbonyl (C=O) groups excluding carboxylic acids is 2. The Morgan fingerprint density at radius 2 is 2.00 bits per heavy atom. The van der Waals surface area contributed by atoms with Crippen LogP contribution >= 0.6 is 11.6 Å². The highest BCUT2D eigenvalue weighted by Gasteiger charge is 2.38. The van der Waals surface area contributed by atoms with Gasteiger partial charge in [-0.1, -0.05) is 41.8 Å². The summed E-state index contributed by atoms with van der Waals surface area (Å²) in [7, 11) is 0. The number of halogens is 1. The zero-order valence-electron chi connectivity index (χ0n) is 15.7. The number of hydrogen-bond donors (Lipinski definition) is 4. The molecule has 2 amide bonds. The Balaban J connectivity index is 1.54. The molecular formula is C18H23ClN6O4. The van der Waals surface area contributed by atoms with Crippen LogP contribution in [0.15, 0.2) is 24.4 Å². The van der Waals surface area contributed by atoms with Gasteiger partial charge in [0.2, 0.25) is 5.91 Å². The van der Waals surface area contributed by atoms with Crippen molar-refractivity contribution in [3.8, 4) is 0 Å². The molecule has 11 heteroatoms. The first-order valence-electron chi connectivity index (χ1n) is 9.36. The van der Waals surface area contributed by atoms with E-state index in [2.05, 4.69) is 10.3 Å². The number of nitrogens with one attached hydrogen (secondary N) is 2. The predicted octanol–water partition coefficient (Wildman–Crippen LogP) is 1.95. The van der Waals surface area contributed by atoms with Crippen molar-refractivity contribution in [3.63, 3.8) is 0 Å². The highest BCUT2D eigenvalue weighted by atomic mass is 35.5. The highest BCUT2D eigenvalue weighted by molar-refractivity contribution is 6.34. The number of para-hydroxylation sites is 1. The zero-order valence-corrected chi connectivity index (χ0v) is 16.5. The maximum Gasteiger partial charge on any atom is 0.251 e. The van der Waals surface area contributed by atoms with Crippen LogP contribution in [-0.4, -0.2) is 37.2 Å². The minimum absolute atomic E-state index is 0.198. The maximum atomic E-state index is 12.6. The summed E-state index contributed by atoms with van der Waals surface area (Å²) in [5, 5.41) is 26.4. The lowest BCUT2D eigenvalue weighted by atomic mass is 10.1. The Hall–Kier alpha value is -2.53.